The largest absolute Gasteiger partial charge is 0.375 e. The van der Waals surface area contributed by atoms with E-state index >= 15 is 0 Å². The number of hydrogen-bond donors (Lipinski definition) is 0. The Morgan fingerprint density at radius 3 is 2.89 bits per heavy atom. The molecule has 0 N–H and O–H groups in total. The van der Waals surface area contributed by atoms with Crippen molar-refractivity contribution in [3.8, 4) is 0 Å². The molecule has 2 bridgehead atoms. The lowest BCUT2D eigenvalue weighted by molar-refractivity contribution is 0.0608. The van der Waals surface area contributed by atoms with E-state index in [9.17, 15) is 8.42 Å². The molecule has 0 saturated carbocycles. The van der Waals surface area contributed by atoms with Crippen LogP contribution in [-0.4, -0.2) is 38.0 Å². The number of aryl methyl sites for hydroxylation is 1. The maximum atomic E-state index is 12.4. The number of nitrogens with zero attached hydrogens (tertiary/aromatic N) is 1. The number of benzene rings is 1. The van der Waals surface area contributed by atoms with Gasteiger partial charge in [-0.3, -0.25) is 0 Å². The van der Waals surface area contributed by atoms with Gasteiger partial charge in [0.15, 0.2) is 0 Å². The van der Waals surface area contributed by atoms with E-state index in [4.69, 9.17) is 4.74 Å². The molecule has 1 aromatic carbocycles. The molecule has 0 radical (unpaired) electrons. The molecule has 2 unspecified atom stereocenters. The van der Waals surface area contributed by atoms with Gasteiger partial charge in [0.1, 0.15) is 0 Å². The number of rotatable bonds is 3. The number of morpholine rings is 1. The molecule has 2 saturated heterocycles. The normalized spacial score (nSPS) is 27.8. The molecule has 98 valence electrons. The molecule has 18 heavy (non-hydrogen) atoms. The van der Waals surface area contributed by atoms with E-state index in [0.717, 1.165) is 17.5 Å². The second-order valence-electron chi connectivity index (χ2n) is 5.16. The van der Waals surface area contributed by atoms with Crippen molar-refractivity contribution >= 4 is 10.0 Å². The lowest BCUT2D eigenvalue weighted by atomic mass is 10.2. The predicted molar refractivity (Wildman–Crippen MR) is 68.7 cm³/mol. The Kier molecular flexibility index (Phi) is 2.92. The van der Waals surface area contributed by atoms with Crippen LogP contribution in [0, 0.1) is 6.92 Å². The average Bonchev–Trinajstić information content (AvgIpc) is 2.90. The summed E-state index contributed by atoms with van der Waals surface area (Å²) >= 11 is 0. The van der Waals surface area contributed by atoms with Crippen molar-refractivity contribution in [3.05, 3.63) is 35.4 Å². The van der Waals surface area contributed by atoms with Crippen LogP contribution in [0.3, 0.4) is 0 Å². The van der Waals surface area contributed by atoms with Gasteiger partial charge in [-0.15, -0.1) is 0 Å². The lowest BCUT2D eigenvalue weighted by Crippen LogP contribution is -2.41. The Morgan fingerprint density at radius 2 is 2.28 bits per heavy atom. The molecule has 2 heterocycles. The third-order valence-corrected chi connectivity index (χ3v) is 5.50. The second kappa shape index (κ2) is 4.33. The Hall–Kier alpha value is -0.910. The standard InChI is InChI=1S/C13H17NO3S/c1-10-3-2-4-11(5-10)9-18(15,16)14-7-13-6-12(14)8-17-13/h2-5,12-13H,6-9H2,1H3. The SMILES string of the molecule is Cc1cccc(CS(=O)(=O)N2CC3CC2CO3)c1. The van der Waals surface area contributed by atoms with Crippen LogP contribution in [0.4, 0.5) is 0 Å². The van der Waals surface area contributed by atoms with Gasteiger partial charge in [0.25, 0.3) is 0 Å². The molecular weight excluding hydrogens is 250 g/mol. The topological polar surface area (TPSA) is 46.6 Å². The maximum absolute atomic E-state index is 12.4. The van der Waals surface area contributed by atoms with Crippen LogP contribution in [0.15, 0.2) is 24.3 Å². The van der Waals surface area contributed by atoms with Crippen molar-refractivity contribution in [1.29, 1.82) is 0 Å². The highest BCUT2D eigenvalue weighted by molar-refractivity contribution is 7.88. The minimum absolute atomic E-state index is 0.0600. The summed E-state index contributed by atoms with van der Waals surface area (Å²) < 4.78 is 31.8. The summed E-state index contributed by atoms with van der Waals surface area (Å²) in [6.45, 7) is 3.05. The molecule has 0 spiro atoms. The fourth-order valence-corrected chi connectivity index (χ4v) is 4.56. The summed E-state index contributed by atoms with van der Waals surface area (Å²) in [5, 5.41) is 0. The van der Waals surface area contributed by atoms with E-state index in [-0.39, 0.29) is 17.9 Å². The molecule has 5 heteroatoms. The van der Waals surface area contributed by atoms with Crippen LogP contribution >= 0.6 is 0 Å². The molecular formula is C13H17NO3S. The third kappa shape index (κ3) is 2.18. The van der Waals surface area contributed by atoms with Crippen LogP contribution in [0.5, 0.6) is 0 Å². The first-order chi connectivity index (χ1) is 8.54. The summed E-state index contributed by atoms with van der Waals surface area (Å²) in [4.78, 5) is 0. The van der Waals surface area contributed by atoms with Crippen LogP contribution < -0.4 is 0 Å². The van der Waals surface area contributed by atoms with Gasteiger partial charge in [0.05, 0.1) is 24.5 Å². The summed E-state index contributed by atoms with van der Waals surface area (Å²) in [7, 11) is -3.21. The van der Waals surface area contributed by atoms with Crippen LogP contribution in [0.2, 0.25) is 0 Å². The first-order valence-electron chi connectivity index (χ1n) is 6.21. The summed E-state index contributed by atoms with van der Waals surface area (Å²) in [6.07, 6.45) is 0.967. The molecule has 0 aromatic heterocycles. The number of hydrogen-bond acceptors (Lipinski definition) is 3. The number of ether oxygens (including phenoxy) is 1. The third-order valence-electron chi connectivity index (χ3n) is 3.64. The van der Waals surface area contributed by atoms with Crippen molar-refractivity contribution < 1.29 is 13.2 Å². The summed E-state index contributed by atoms with van der Waals surface area (Å²) in [5.74, 6) is 0.0951. The van der Waals surface area contributed by atoms with Gasteiger partial charge in [-0.1, -0.05) is 29.8 Å². The zero-order valence-corrected chi connectivity index (χ0v) is 11.2. The molecule has 3 rings (SSSR count). The van der Waals surface area contributed by atoms with Crippen molar-refractivity contribution in [2.75, 3.05) is 13.2 Å². The van der Waals surface area contributed by atoms with Gasteiger partial charge in [0.2, 0.25) is 10.0 Å². The van der Waals surface area contributed by atoms with Gasteiger partial charge in [0, 0.05) is 6.54 Å². The molecule has 0 aliphatic carbocycles. The van der Waals surface area contributed by atoms with Gasteiger partial charge in [-0.2, -0.15) is 4.31 Å². The predicted octanol–water partition coefficient (Wildman–Crippen LogP) is 1.30. The molecule has 4 nitrogen and oxygen atoms in total. The molecule has 2 fully saturated rings. The van der Waals surface area contributed by atoms with E-state index in [1.165, 1.54) is 0 Å². The monoisotopic (exact) mass is 267 g/mol. The minimum Gasteiger partial charge on any atom is -0.375 e. The van der Waals surface area contributed by atoms with Crippen molar-refractivity contribution in [1.82, 2.24) is 4.31 Å². The van der Waals surface area contributed by atoms with E-state index < -0.39 is 10.0 Å². The van der Waals surface area contributed by atoms with E-state index in [1.54, 1.807) is 4.31 Å². The van der Waals surface area contributed by atoms with Gasteiger partial charge < -0.3 is 4.74 Å². The smallest absolute Gasteiger partial charge is 0.218 e. The van der Waals surface area contributed by atoms with E-state index in [0.29, 0.717) is 13.2 Å². The Balaban J connectivity index is 1.79. The van der Waals surface area contributed by atoms with Crippen molar-refractivity contribution in [2.45, 2.75) is 31.2 Å². The van der Waals surface area contributed by atoms with Gasteiger partial charge in [-0.05, 0) is 18.9 Å². The summed E-state index contributed by atoms with van der Waals surface area (Å²) in [6, 6.07) is 7.74. The Bertz CT molecular complexity index is 555. The fraction of sp³-hybridized carbons (Fsp3) is 0.538. The minimum atomic E-state index is -3.21. The second-order valence-corrected chi connectivity index (χ2v) is 7.08. The quantitative estimate of drug-likeness (QED) is 0.829. The molecule has 1 aromatic rings. The van der Waals surface area contributed by atoms with E-state index in [2.05, 4.69) is 0 Å². The molecule has 2 aliphatic heterocycles. The highest BCUT2D eigenvalue weighted by atomic mass is 32.2. The van der Waals surface area contributed by atoms with Crippen molar-refractivity contribution in [2.24, 2.45) is 0 Å². The van der Waals surface area contributed by atoms with Crippen LogP contribution in [0.1, 0.15) is 17.5 Å². The van der Waals surface area contributed by atoms with E-state index in [1.807, 2.05) is 31.2 Å². The fourth-order valence-electron chi connectivity index (χ4n) is 2.80. The summed E-state index contributed by atoms with van der Waals surface area (Å²) in [5.41, 5.74) is 1.95. The average molecular weight is 267 g/mol. The van der Waals surface area contributed by atoms with Crippen LogP contribution in [-0.2, 0) is 20.5 Å². The Morgan fingerprint density at radius 1 is 1.44 bits per heavy atom. The number of fused-ring (bicyclic) bond motifs is 2. The highest BCUT2D eigenvalue weighted by Crippen LogP contribution is 2.31. The first-order valence-corrected chi connectivity index (χ1v) is 7.82. The van der Waals surface area contributed by atoms with Gasteiger partial charge >= 0.3 is 0 Å². The van der Waals surface area contributed by atoms with Crippen molar-refractivity contribution in [3.63, 3.8) is 0 Å². The molecule has 2 atom stereocenters. The van der Waals surface area contributed by atoms with Gasteiger partial charge in [-0.25, -0.2) is 8.42 Å². The van der Waals surface area contributed by atoms with Crippen LogP contribution in [0.25, 0.3) is 0 Å². The zero-order chi connectivity index (χ0) is 12.8. The molecule has 0 amide bonds. The Labute approximate surface area is 108 Å². The maximum Gasteiger partial charge on any atom is 0.218 e. The number of sulfonamides is 1. The zero-order valence-electron chi connectivity index (χ0n) is 10.4. The first kappa shape index (κ1) is 12.1. The molecule has 2 aliphatic rings. The lowest BCUT2D eigenvalue weighted by Gasteiger charge is -2.26. The highest BCUT2D eigenvalue weighted by Gasteiger charge is 2.44.